The van der Waals surface area contributed by atoms with E-state index in [0.717, 1.165) is 5.69 Å². The first-order valence-electron chi connectivity index (χ1n) is 8.72. The van der Waals surface area contributed by atoms with Crippen molar-refractivity contribution < 1.29 is 14.0 Å². The number of hydrogen-bond acceptors (Lipinski definition) is 2. The molecule has 2 amide bonds. The molecule has 0 aromatic heterocycles. The summed E-state index contributed by atoms with van der Waals surface area (Å²) in [5.41, 5.74) is 2.37. The van der Waals surface area contributed by atoms with Crippen molar-refractivity contribution in [2.75, 3.05) is 10.6 Å². The molecule has 2 atom stereocenters. The first-order chi connectivity index (χ1) is 12.2. The van der Waals surface area contributed by atoms with Gasteiger partial charge in [0.15, 0.2) is 0 Å². The summed E-state index contributed by atoms with van der Waals surface area (Å²) < 4.78 is 13.2. The number of amides is 2. The molecular weight excluding hydrogens is 331 g/mol. The van der Waals surface area contributed by atoms with Crippen molar-refractivity contribution in [3.8, 4) is 0 Å². The van der Waals surface area contributed by atoms with E-state index in [1.54, 1.807) is 6.07 Å². The van der Waals surface area contributed by atoms with Crippen molar-refractivity contribution in [1.29, 1.82) is 0 Å². The molecule has 1 fully saturated rings. The van der Waals surface area contributed by atoms with Crippen LogP contribution in [0.4, 0.5) is 15.8 Å². The molecule has 1 aliphatic rings. The van der Waals surface area contributed by atoms with E-state index < -0.39 is 5.82 Å². The van der Waals surface area contributed by atoms with Crippen molar-refractivity contribution >= 4 is 23.2 Å². The van der Waals surface area contributed by atoms with Crippen LogP contribution in [0.2, 0.25) is 0 Å². The van der Waals surface area contributed by atoms with Crippen molar-refractivity contribution in [2.45, 2.75) is 32.6 Å². The van der Waals surface area contributed by atoms with Gasteiger partial charge in [-0.05, 0) is 47.7 Å². The summed E-state index contributed by atoms with van der Waals surface area (Å²) in [5, 5.41) is 5.52. The Bertz CT molecular complexity index is 825. The normalized spacial score (nSPS) is 18.9. The average molecular weight is 354 g/mol. The van der Waals surface area contributed by atoms with Crippen LogP contribution in [-0.2, 0) is 15.0 Å². The summed E-state index contributed by atoms with van der Waals surface area (Å²) in [7, 11) is 0. The van der Waals surface area contributed by atoms with Crippen molar-refractivity contribution in [1.82, 2.24) is 0 Å². The number of carbonyl (C=O) groups excluding carboxylic acids is 2. The molecule has 2 N–H and O–H groups in total. The van der Waals surface area contributed by atoms with Crippen LogP contribution in [0.3, 0.4) is 0 Å². The molecule has 0 saturated heterocycles. The van der Waals surface area contributed by atoms with E-state index in [-0.39, 0.29) is 29.1 Å². The molecule has 0 heterocycles. The van der Waals surface area contributed by atoms with E-state index in [4.69, 9.17) is 0 Å². The van der Waals surface area contributed by atoms with Crippen LogP contribution in [0.5, 0.6) is 0 Å². The zero-order valence-electron chi connectivity index (χ0n) is 15.2. The lowest BCUT2D eigenvalue weighted by Crippen LogP contribution is -2.20. The third-order valence-electron chi connectivity index (χ3n) is 4.57. The minimum Gasteiger partial charge on any atom is -0.326 e. The Morgan fingerprint density at radius 3 is 2.04 bits per heavy atom. The molecule has 3 rings (SSSR count). The van der Waals surface area contributed by atoms with Crippen molar-refractivity contribution in [2.24, 2.45) is 11.8 Å². The first kappa shape index (κ1) is 18.1. The van der Waals surface area contributed by atoms with Crippen LogP contribution < -0.4 is 10.6 Å². The first-order valence-corrected chi connectivity index (χ1v) is 8.72. The molecule has 2 aromatic carbocycles. The maximum absolute atomic E-state index is 13.2. The Kier molecular flexibility index (Phi) is 4.81. The maximum atomic E-state index is 13.2. The lowest BCUT2D eigenvalue weighted by Gasteiger charge is -2.19. The van der Waals surface area contributed by atoms with Crippen molar-refractivity contribution in [3.63, 3.8) is 0 Å². The highest BCUT2D eigenvalue weighted by Crippen LogP contribution is 2.40. The fourth-order valence-corrected chi connectivity index (χ4v) is 2.86. The fraction of sp³-hybridized carbons (Fsp3) is 0.333. The van der Waals surface area contributed by atoms with Gasteiger partial charge >= 0.3 is 0 Å². The Balaban J connectivity index is 1.54. The third-order valence-corrected chi connectivity index (χ3v) is 4.57. The van der Waals surface area contributed by atoms with Gasteiger partial charge in [-0.2, -0.15) is 0 Å². The Morgan fingerprint density at radius 1 is 0.923 bits per heavy atom. The highest BCUT2D eigenvalue weighted by Gasteiger charge is 2.48. The van der Waals surface area contributed by atoms with Gasteiger partial charge in [-0.25, -0.2) is 4.39 Å². The number of hydrogen-bond donors (Lipinski definition) is 2. The molecule has 1 saturated carbocycles. The van der Waals surface area contributed by atoms with Gasteiger partial charge in [0.1, 0.15) is 5.82 Å². The zero-order chi connectivity index (χ0) is 18.9. The molecule has 5 heteroatoms. The number of benzene rings is 2. The second-order valence-corrected chi connectivity index (χ2v) is 7.76. The van der Waals surface area contributed by atoms with E-state index in [1.165, 1.54) is 23.8 Å². The molecule has 4 nitrogen and oxygen atoms in total. The molecule has 0 aliphatic heterocycles. The summed E-state index contributed by atoms with van der Waals surface area (Å²) >= 11 is 0. The largest absolute Gasteiger partial charge is 0.326 e. The fourth-order valence-electron chi connectivity index (χ4n) is 2.86. The third kappa shape index (κ3) is 4.28. The standard InChI is InChI=1S/C21H23FN2O2/c1-21(2,3)13-7-9-15(10-8-13)23-19(25)17-12-18(17)20(26)24-16-6-4-5-14(22)11-16/h4-11,17-18H,12H2,1-3H3,(H,23,25)(H,24,26). The minimum absolute atomic E-state index is 0.0547. The molecule has 2 unspecified atom stereocenters. The summed E-state index contributed by atoms with van der Waals surface area (Å²) in [6, 6.07) is 13.5. The molecule has 2 aromatic rings. The van der Waals surface area contributed by atoms with Gasteiger partial charge in [-0.3, -0.25) is 9.59 Å². The monoisotopic (exact) mass is 354 g/mol. The van der Waals surface area contributed by atoms with Gasteiger partial charge in [0.2, 0.25) is 11.8 Å². The average Bonchev–Trinajstić information content (AvgIpc) is 3.35. The second-order valence-electron chi connectivity index (χ2n) is 7.76. The predicted molar refractivity (Wildman–Crippen MR) is 100 cm³/mol. The van der Waals surface area contributed by atoms with Gasteiger partial charge in [0.05, 0.1) is 11.8 Å². The van der Waals surface area contributed by atoms with Crippen molar-refractivity contribution in [3.05, 3.63) is 59.9 Å². The zero-order valence-corrected chi connectivity index (χ0v) is 15.2. The van der Waals surface area contributed by atoms with E-state index in [0.29, 0.717) is 12.1 Å². The van der Waals surface area contributed by atoms with Crippen LogP contribution in [-0.4, -0.2) is 11.8 Å². The maximum Gasteiger partial charge on any atom is 0.228 e. The van der Waals surface area contributed by atoms with E-state index in [1.807, 2.05) is 24.3 Å². The number of halogens is 1. The van der Waals surface area contributed by atoms with Crippen LogP contribution in [0.1, 0.15) is 32.8 Å². The summed E-state index contributed by atoms with van der Waals surface area (Å²) in [6.07, 6.45) is 0.507. The van der Waals surface area contributed by atoms with Crippen LogP contribution in [0.25, 0.3) is 0 Å². The smallest absolute Gasteiger partial charge is 0.228 e. The molecular formula is C21H23FN2O2. The Labute approximate surface area is 152 Å². The molecule has 0 spiro atoms. The summed E-state index contributed by atoms with van der Waals surface area (Å²) in [4.78, 5) is 24.5. The lowest BCUT2D eigenvalue weighted by molar-refractivity contribution is -0.122. The molecule has 1 aliphatic carbocycles. The van der Waals surface area contributed by atoms with E-state index in [9.17, 15) is 14.0 Å². The summed E-state index contributed by atoms with van der Waals surface area (Å²) in [5.74, 6) is -1.53. The lowest BCUT2D eigenvalue weighted by atomic mass is 9.87. The SMILES string of the molecule is CC(C)(C)c1ccc(NC(=O)C2CC2C(=O)Nc2cccc(F)c2)cc1. The quantitative estimate of drug-likeness (QED) is 0.858. The number of carbonyl (C=O) groups is 2. The van der Waals surface area contributed by atoms with Crippen LogP contribution >= 0.6 is 0 Å². The Hall–Kier alpha value is -2.69. The Morgan fingerprint density at radius 2 is 1.50 bits per heavy atom. The van der Waals surface area contributed by atoms with E-state index in [2.05, 4.69) is 31.4 Å². The van der Waals surface area contributed by atoms with E-state index >= 15 is 0 Å². The van der Waals surface area contributed by atoms with Gasteiger partial charge in [0.25, 0.3) is 0 Å². The molecule has 0 bridgehead atoms. The number of rotatable bonds is 4. The van der Waals surface area contributed by atoms with Crippen LogP contribution in [0, 0.1) is 17.7 Å². The highest BCUT2D eigenvalue weighted by atomic mass is 19.1. The summed E-state index contributed by atoms with van der Waals surface area (Å²) in [6.45, 7) is 6.39. The number of anilines is 2. The topological polar surface area (TPSA) is 58.2 Å². The van der Waals surface area contributed by atoms with Gasteiger partial charge in [-0.1, -0.05) is 39.0 Å². The van der Waals surface area contributed by atoms with Crippen LogP contribution in [0.15, 0.2) is 48.5 Å². The minimum atomic E-state index is -0.411. The highest BCUT2D eigenvalue weighted by molar-refractivity contribution is 6.03. The molecule has 0 radical (unpaired) electrons. The second kappa shape index (κ2) is 6.90. The molecule has 26 heavy (non-hydrogen) atoms. The number of nitrogens with one attached hydrogen (secondary N) is 2. The van der Waals surface area contributed by atoms with Gasteiger partial charge < -0.3 is 10.6 Å². The van der Waals surface area contributed by atoms with Gasteiger partial charge in [0, 0.05) is 11.4 Å². The van der Waals surface area contributed by atoms with Gasteiger partial charge in [-0.15, -0.1) is 0 Å². The molecule has 136 valence electrons. The predicted octanol–water partition coefficient (Wildman–Crippen LogP) is 4.34.